The lowest BCUT2D eigenvalue weighted by molar-refractivity contribution is 0.0437. The number of aryl methyl sites for hydroxylation is 1. The van der Waals surface area contributed by atoms with Crippen molar-refractivity contribution in [3.05, 3.63) is 70.4 Å². The predicted octanol–water partition coefficient (Wildman–Crippen LogP) is 5.63. The van der Waals surface area contributed by atoms with Crippen LogP contribution < -0.4 is 9.47 Å². The number of hydrogen-bond donors (Lipinski definition) is 0. The van der Waals surface area contributed by atoms with Crippen molar-refractivity contribution in [2.24, 2.45) is 0 Å². The molecule has 28 heavy (non-hydrogen) atoms. The Hall–Kier alpha value is -3.18. The molecule has 0 bridgehead atoms. The fourth-order valence-corrected chi connectivity index (χ4v) is 3.75. The van der Waals surface area contributed by atoms with Gasteiger partial charge in [0.15, 0.2) is 11.5 Å². The standard InChI is InChI=1S/C22H15ClO5/c1-12-15-7-6-14-4-2-3-5-16(14)20(15)28-19(12)22(24)25-10-13-8-17(23)21-18(9-13)26-11-27-21/h2-9H,10-11H2,1H3. The van der Waals surface area contributed by atoms with Crippen molar-refractivity contribution in [3.63, 3.8) is 0 Å². The van der Waals surface area contributed by atoms with Crippen LogP contribution in [-0.2, 0) is 11.3 Å². The topological polar surface area (TPSA) is 57.9 Å². The summed E-state index contributed by atoms with van der Waals surface area (Å²) in [5, 5.41) is 3.34. The predicted molar refractivity (Wildman–Crippen MR) is 105 cm³/mol. The number of hydrogen-bond acceptors (Lipinski definition) is 5. The van der Waals surface area contributed by atoms with E-state index in [1.807, 2.05) is 43.3 Å². The molecule has 1 aliphatic heterocycles. The molecule has 0 fully saturated rings. The fourth-order valence-electron chi connectivity index (χ4n) is 3.46. The lowest BCUT2D eigenvalue weighted by atomic mass is 10.1. The van der Waals surface area contributed by atoms with Gasteiger partial charge in [0.2, 0.25) is 12.6 Å². The second kappa shape index (κ2) is 6.46. The van der Waals surface area contributed by atoms with E-state index in [0.29, 0.717) is 27.7 Å². The highest BCUT2D eigenvalue weighted by atomic mass is 35.5. The molecule has 5 nitrogen and oxygen atoms in total. The van der Waals surface area contributed by atoms with Crippen LogP contribution >= 0.6 is 11.6 Å². The Kier molecular flexibility index (Phi) is 3.91. The fraction of sp³-hybridized carbons (Fsp3) is 0.136. The minimum absolute atomic E-state index is 0.0480. The zero-order valence-electron chi connectivity index (χ0n) is 15.0. The molecule has 1 aromatic heterocycles. The number of rotatable bonds is 3. The SMILES string of the molecule is Cc1c(C(=O)OCc2cc(Cl)c3c(c2)OCO3)oc2c1ccc1ccccc12. The van der Waals surface area contributed by atoms with E-state index in [4.69, 9.17) is 30.2 Å². The monoisotopic (exact) mass is 394 g/mol. The molecule has 0 saturated carbocycles. The van der Waals surface area contributed by atoms with Crippen molar-refractivity contribution in [1.29, 1.82) is 0 Å². The number of esters is 1. The average molecular weight is 395 g/mol. The average Bonchev–Trinajstić information content (AvgIpc) is 3.31. The van der Waals surface area contributed by atoms with Gasteiger partial charge in [0.1, 0.15) is 12.2 Å². The van der Waals surface area contributed by atoms with Crippen molar-refractivity contribution in [3.8, 4) is 11.5 Å². The molecule has 0 amide bonds. The minimum atomic E-state index is -0.522. The second-order valence-electron chi connectivity index (χ2n) is 6.61. The highest BCUT2D eigenvalue weighted by Gasteiger charge is 2.22. The molecule has 0 spiro atoms. The number of fused-ring (bicyclic) bond motifs is 4. The summed E-state index contributed by atoms with van der Waals surface area (Å²) < 4.78 is 22.0. The molecule has 4 aromatic rings. The van der Waals surface area contributed by atoms with Crippen LogP contribution in [-0.4, -0.2) is 12.8 Å². The van der Waals surface area contributed by atoms with Gasteiger partial charge in [-0.25, -0.2) is 4.79 Å². The van der Waals surface area contributed by atoms with Gasteiger partial charge in [-0.1, -0.05) is 48.0 Å². The maximum Gasteiger partial charge on any atom is 0.374 e. The summed E-state index contributed by atoms with van der Waals surface area (Å²) in [7, 11) is 0. The van der Waals surface area contributed by atoms with Gasteiger partial charge in [-0.3, -0.25) is 0 Å². The summed E-state index contributed by atoms with van der Waals surface area (Å²) in [6.45, 7) is 2.03. The van der Waals surface area contributed by atoms with E-state index in [2.05, 4.69) is 0 Å². The summed E-state index contributed by atoms with van der Waals surface area (Å²) in [5.74, 6) is 0.742. The van der Waals surface area contributed by atoms with Gasteiger partial charge in [-0.2, -0.15) is 0 Å². The van der Waals surface area contributed by atoms with E-state index in [0.717, 1.165) is 21.7 Å². The lowest BCUT2D eigenvalue weighted by Crippen LogP contribution is -2.05. The Morgan fingerprint density at radius 1 is 1.11 bits per heavy atom. The van der Waals surface area contributed by atoms with Crippen molar-refractivity contribution < 1.29 is 23.4 Å². The molecule has 0 aliphatic carbocycles. The maximum absolute atomic E-state index is 12.7. The number of halogens is 1. The third kappa shape index (κ3) is 2.67. The second-order valence-corrected chi connectivity index (χ2v) is 7.01. The van der Waals surface area contributed by atoms with E-state index < -0.39 is 5.97 Å². The van der Waals surface area contributed by atoms with Crippen molar-refractivity contribution >= 4 is 39.3 Å². The first-order valence-corrected chi connectivity index (χ1v) is 9.15. The number of ether oxygens (including phenoxy) is 3. The minimum Gasteiger partial charge on any atom is -0.455 e. The van der Waals surface area contributed by atoms with E-state index in [9.17, 15) is 4.79 Å². The summed E-state index contributed by atoms with van der Waals surface area (Å²) in [5.41, 5.74) is 2.16. The molecule has 5 rings (SSSR count). The molecular weight excluding hydrogens is 380 g/mol. The first kappa shape index (κ1) is 17.0. The van der Waals surface area contributed by atoms with Crippen LogP contribution in [0.25, 0.3) is 21.7 Å². The van der Waals surface area contributed by atoms with Crippen LogP contribution in [0.5, 0.6) is 11.5 Å². The van der Waals surface area contributed by atoms with Gasteiger partial charge in [-0.15, -0.1) is 0 Å². The largest absolute Gasteiger partial charge is 0.455 e. The first-order valence-electron chi connectivity index (χ1n) is 8.78. The van der Waals surface area contributed by atoms with Crippen LogP contribution in [0.15, 0.2) is 52.9 Å². The highest BCUT2D eigenvalue weighted by molar-refractivity contribution is 6.32. The van der Waals surface area contributed by atoms with Crippen LogP contribution in [0.2, 0.25) is 5.02 Å². The highest BCUT2D eigenvalue weighted by Crippen LogP contribution is 2.40. The Balaban J connectivity index is 1.44. The summed E-state index contributed by atoms with van der Waals surface area (Å²) in [4.78, 5) is 12.7. The quantitative estimate of drug-likeness (QED) is 0.421. The molecule has 0 radical (unpaired) electrons. The molecule has 0 atom stereocenters. The first-order chi connectivity index (χ1) is 13.6. The van der Waals surface area contributed by atoms with Gasteiger partial charge in [0.25, 0.3) is 0 Å². The molecule has 0 N–H and O–H groups in total. The van der Waals surface area contributed by atoms with Crippen molar-refractivity contribution in [1.82, 2.24) is 0 Å². The number of benzene rings is 3. The number of furan rings is 1. The van der Waals surface area contributed by atoms with E-state index >= 15 is 0 Å². The number of carbonyl (C=O) groups is 1. The van der Waals surface area contributed by atoms with E-state index in [1.165, 1.54) is 0 Å². The van der Waals surface area contributed by atoms with Crippen LogP contribution in [0.3, 0.4) is 0 Å². The van der Waals surface area contributed by atoms with E-state index in [1.54, 1.807) is 12.1 Å². The Morgan fingerprint density at radius 2 is 1.96 bits per heavy atom. The zero-order valence-corrected chi connectivity index (χ0v) is 15.7. The zero-order chi connectivity index (χ0) is 19.3. The van der Waals surface area contributed by atoms with Gasteiger partial charge in [0, 0.05) is 16.3 Å². The third-order valence-electron chi connectivity index (χ3n) is 4.87. The summed E-state index contributed by atoms with van der Waals surface area (Å²) in [6.07, 6.45) is 0. The Morgan fingerprint density at radius 3 is 2.86 bits per heavy atom. The third-order valence-corrected chi connectivity index (χ3v) is 5.15. The Bertz CT molecular complexity index is 1240. The molecule has 0 unspecified atom stereocenters. The van der Waals surface area contributed by atoms with E-state index in [-0.39, 0.29) is 19.2 Å². The maximum atomic E-state index is 12.7. The molecule has 0 saturated heterocycles. The van der Waals surface area contributed by atoms with Crippen LogP contribution in [0.4, 0.5) is 0 Å². The van der Waals surface area contributed by atoms with Gasteiger partial charge >= 0.3 is 5.97 Å². The van der Waals surface area contributed by atoms with Gasteiger partial charge < -0.3 is 18.6 Å². The summed E-state index contributed by atoms with van der Waals surface area (Å²) in [6, 6.07) is 15.3. The molecule has 2 heterocycles. The smallest absolute Gasteiger partial charge is 0.374 e. The van der Waals surface area contributed by atoms with Crippen LogP contribution in [0.1, 0.15) is 21.7 Å². The molecule has 3 aromatic carbocycles. The van der Waals surface area contributed by atoms with Gasteiger partial charge in [0.05, 0.1) is 5.02 Å². The van der Waals surface area contributed by atoms with Crippen molar-refractivity contribution in [2.75, 3.05) is 6.79 Å². The number of carbonyl (C=O) groups excluding carboxylic acids is 1. The van der Waals surface area contributed by atoms with Gasteiger partial charge in [-0.05, 0) is 30.0 Å². The molecule has 1 aliphatic rings. The lowest BCUT2D eigenvalue weighted by Gasteiger charge is -2.06. The normalized spacial score (nSPS) is 12.6. The molecular formula is C22H15ClO5. The molecule has 6 heteroatoms. The Labute approximate surface area is 165 Å². The van der Waals surface area contributed by atoms with Crippen LogP contribution in [0, 0.1) is 6.92 Å². The molecule has 140 valence electrons. The summed E-state index contributed by atoms with van der Waals surface area (Å²) >= 11 is 6.18. The van der Waals surface area contributed by atoms with Crippen molar-refractivity contribution in [2.45, 2.75) is 13.5 Å².